The summed E-state index contributed by atoms with van der Waals surface area (Å²) < 4.78 is 0. The molecule has 0 bridgehead atoms. The van der Waals surface area contributed by atoms with Gasteiger partial charge in [0.05, 0.1) is 0 Å². The van der Waals surface area contributed by atoms with Crippen molar-refractivity contribution in [3.8, 4) is 0 Å². The van der Waals surface area contributed by atoms with Crippen LogP contribution in [0.4, 0.5) is 5.69 Å². The van der Waals surface area contributed by atoms with Gasteiger partial charge in [0.2, 0.25) is 11.8 Å². The van der Waals surface area contributed by atoms with Gasteiger partial charge < -0.3 is 10.2 Å². The Kier molecular flexibility index (Phi) is 5.99. The van der Waals surface area contributed by atoms with E-state index in [1.54, 1.807) is 19.0 Å². The Morgan fingerprint density at radius 2 is 1.91 bits per heavy atom. The number of aryl methyl sites for hydroxylation is 1. The number of amides is 2. The lowest BCUT2D eigenvalue weighted by molar-refractivity contribution is -0.128. The summed E-state index contributed by atoms with van der Waals surface area (Å²) in [5.74, 6) is 0.422. The minimum absolute atomic E-state index is 0.122. The van der Waals surface area contributed by atoms with Crippen molar-refractivity contribution in [1.29, 1.82) is 0 Å². The first kappa shape index (κ1) is 16.5. The first-order chi connectivity index (χ1) is 10.6. The van der Waals surface area contributed by atoms with Crippen molar-refractivity contribution in [3.05, 3.63) is 29.8 Å². The maximum atomic E-state index is 12.3. The van der Waals surface area contributed by atoms with Crippen LogP contribution in [0.2, 0.25) is 0 Å². The van der Waals surface area contributed by atoms with E-state index in [1.165, 1.54) is 6.42 Å². The molecule has 1 aromatic carbocycles. The maximum Gasteiger partial charge on any atom is 0.227 e. The van der Waals surface area contributed by atoms with E-state index in [-0.39, 0.29) is 17.7 Å². The lowest BCUT2D eigenvalue weighted by atomic mass is 9.88. The van der Waals surface area contributed by atoms with Crippen LogP contribution in [-0.2, 0) is 16.0 Å². The summed E-state index contributed by atoms with van der Waals surface area (Å²) in [6, 6.07) is 7.83. The maximum absolute atomic E-state index is 12.3. The van der Waals surface area contributed by atoms with Crippen molar-refractivity contribution in [3.63, 3.8) is 0 Å². The van der Waals surface area contributed by atoms with Crippen molar-refractivity contribution in [2.75, 3.05) is 19.4 Å². The minimum atomic E-state index is 0.122. The highest BCUT2D eigenvalue weighted by Gasteiger charge is 2.21. The summed E-state index contributed by atoms with van der Waals surface area (Å²) >= 11 is 0. The van der Waals surface area contributed by atoms with Gasteiger partial charge in [0.25, 0.3) is 0 Å². The third kappa shape index (κ3) is 4.86. The summed E-state index contributed by atoms with van der Waals surface area (Å²) in [7, 11) is 3.53. The molecular formula is C18H26N2O2. The first-order valence-corrected chi connectivity index (χ1v) is 8.16. The molecule has 1 aromatic rings. The zero-order chi connectivity index (χ0) is 15.9. The molecular weight excluding hydrogens is 276 g/mol. The van der Waals surface area contributed by atoms with Gasteiger partial charge in [-0.2, -0.15) is 0 Å². The quantitative estimate of drug-likeness (QED) is 0.908. The topological polar surface area (TPSA) is 49.4 Å². The van der Waals surface area contributed by atoms with Crippen LogP contribution in [0.3, 0.4) is 0 Å². The van der Waals surface area contributed by atoms with Crippen LogP contribution in [0.1, 0.15) is 44.1 Å². The fourth-order valence-corrected chi connectivity index (χ4v) is 2.89. The van der Waals surface area contributed by atoms with Gasteiger partial charge in [0.15, 0.2) is 0 Å². The predicted octanol–water partition coefficient (Wildman–Crippen LogP) is 3.23. The lowest BCUT2D eigenvalue weighted by Gasteiger charge is -2.20. The molecule has 0 heterocycles. The fraction of sp³-hybridized carbons (Fsp3) is 0.556. The number of rotatable bonds is 5. The normalized spacial score (nSPS) is 15.4. The summed E-state index contributed by atoms with van der Waals surface area (Å²) in [5, 5.41) is 3.03. The second-order valence-electron chi connectivity index (χ2n) is 6.31. The third-order valence-corrected chi connectivity index (χ3v) is 4.30. The predicted molar refractivity (Wildman–Crippen MR) is 88.7 cm³/mol. The molecule has 0 spiro atoms. The van der Waals surface area contributed by atoms with Gasteiger partial charge in [0.1, 0.15) is 0 Å². The number of hydrogen-bond acceptors (Lipinski definition) is 2. The smallest absolute Gasteiger partial charge is 0.227 e. The van der Waals surface area contributed by atoms with Crippen molar-refractivity contribution in [2.45, 2.75) is 44.9 Å². The van der Waals surface area contributed by atoms with Gasteiger partial charge in [-0.25, -0.2) is 0 Å². The molecule has 1 saturated carbocycles. The van der Waals surface area contributed by atoms with Gasteiger partial charge in [-0.1, -0.05) is 31.4 Å². The second-order valence-corrected chi connectivity index (χ2v) is 6.31. The summed E-state index contributed by atoms with van der Waals surface area (Å²) in [6.45, 7) is 0. The van der Waals surface area contributed by atoms with E-state index in [9.17, 15) is 9.59 Å². The second kappa shape index (κ2) is 7.97. The summed E-state index contributed by atoms with van der Waals surface area (Å²) in [5.41, 5.74) is 1.92. The molecule has 1 aliphatic rings. The molecule has 1 fully saturated rings. The van der Waals surface area contributed by atoms with E-state index >= 15 is 0 Å². The van der Waals surface area contributed by atoms with Gasteiger partial charge >= 0.3 is 0 Å². The Balaban J connectivity index is 1.90. The molecule has 2 rings (SSSR count). The molecule has 0 unspecified atom stereocenters. The number of nitrogens with zero attached hydrogens (tertiary/aromatic N) is 1. The average molecular weight is 302 g/mol. The van der Waals surface area contributed by atoms with Crippen molar-refractivity contribution >= 4 is 17.5 Å². The number of nitrogens with one attached hydrogen (secondary N) is 1. The zero-order valence-electron chi connectivity index (χ0n) is 13.6. The molecule has 1 aliphatic carbocycles. The molecule has 4 heteroatoms. The van der Waals surface area contributed by atoms with E-state index < -0.39 is 0 Å². The van der Waals surface area contributed by atoms with Gasteiger partial charge in [-0.3, -0.25) is 9.59 Å². The van der Waals surface area contributed by atoms with Crippen molar-refractivity contribution < 1.29 is 9.59 Å². The zero-order valence-corrected chi connectivity index (χ0v) is 13.6. The monoisotopic (exact) mass is 302 g/mol. The minimum Gasteiger partial charge on any atom is -0.349 e. The number of carbonyl (C=O) groups is 2. The number of carbonyl (C=O) groups excluding carboxylic acids is 2. The van der Waals surface area contributed by atoms with Crippen LogP contribution < -0.4 is 5.32 Å². The highest BCUT2D eigenvalue weighted by Crippen LogP contribution is 2.25. The molecule has 0 atom stereocenters. The van der Waals surface area contributed by atoms with Crippen LogP contribution in [0.25, 0.3) is 0 Å². The largest absolute Gasteiger partial charge is 0.349 e. The Bertz CT molecular complexity index is 520. The van der Waals surface area contributed by atoms with Crippen LogP contribution in [-0.4, -0.2) is 30.8 Å². The molecule has 2 amide bonds. The summed E-state index contributed by atoms with van der Waals surface area (Å²) in [6.07, 6.45) is 6.76. The highest BCUT2D eigenvalue weighted by molar-refractivity contribution is 5.92. The highest BCUT2D eigenvalue weighted by atomic mass is 16.2. The van der Waals surface area contributed by atoms with Crippen molar-refractivity contribution in [2.24, 2.45) is 5.92 Å². The Labute approximate surface area is 132 Å². The molecule has 0 aromatic heterocycles. The molecule has 0 saturated heterocycles. The Morgan fingerprint density at radius 3 is 2.59 bits per heavy atom. The lowest BCUT2D eigenvalue weighted by Crippen LogP contribution is -2.24. The van der Waals surface area contributed by atoms with Gasteiger partial charge in [-0.15, -0.1) is 0 Å². The first-order valence-electron chi connectivity index (χ1n) is 8.16. The average Bonchev–Trinajstić information content (AvgIpc) is 2.53. The van der Waals surface area contributed by atoms with E-state index in [4.69, 9.17) is 0 Å². The van der Waals surface area contributed by atoms with E-state index in [0.29, 0.717) is 12.8 Å². The van der Waals surface area contributed by atoms with Crippen LogP contribution in [0.5, 0.6) is 0 Å². The molecule has 0 aliphatic heterocycles. The van der Waals surface area contributed by atoms with Gasteiger partial charge in [-0.05, 0) is 37.0 Å². The number of anilines is 1. The van der Waals surface area contributed by atoms with Crippen LogP contribution >= 0.6 is 0 Å². The fourth-order valence-electron chi connectivity index (χ4n) is 2.89. The SMILES string of the molecule is CN(C)C(=O)CCc1cccc(NC(=O)C2CCCCC2)c1. The van der Waals surface area contributed by atoms with Gasteiger partial charge in [0, 0.05) is 32.1 Å². The Morgan fingerprint density at radius 1 is 1.18 bits per heavy atom. The number of benzene rings is 1. The third-order valence-electron chi connectivity index (χ3n) is 4.30. The van der Waals surface area contributed by atoms with Crippen molar-refractivity contribution in [1.82, 2.24) is 4.90 Å². The van der Waals surface area contributed by atoms with E-state index in [2.05, 4.69) is 5.32 Å². The molecule has 22 heavy (non-hydrogen) atoms. The van der Waals surface area contributed by atoms with E-state index in [1.807, 2.05) is 24.3 Å². The number of hydrogen-bond donors (Lipinski definition) is 1. The molecule has 1 N–H and O–H groups in total. The van der Waals surface area contributed by atoms with Crippen LogP contribution in [0.15, 0.2) is 24.3 Å². The molecule has 4 nitrogen and oxygen atoms in total. The molecule has 0 radical (unpaired) electrons. The standard InChI is InChI=1S/C18H26N2O2/c1-20(2)17(21)12-11-14-7-6-10-16(13-14)19-18(22)15-8-4-3-5-9-15/h6-7,10,13,15H,3-5,8-9,11-12H2,1-2H3,(H,19,22). The molecule has 120 valence electrons. The Hall–Kier alpha value is -1.84. The van der Waals surface area contributed by atoms with Crippen LogP contribution in [0, 0.1) is 5.92 Å². The summed E-state index contributed by atoms with van der Waals surface area (Å²) in [4.78, 5) is 25.5. The van der Waals surface area contributed by atoms with E-state index in [0.717, 1.165) is 36.9 Å².